The van der Waals surface area contributed by atoms with Gasteiger partial charge < -0.3 is 18.6 Å². The van der Waals surface area contributed by atoms with Gasteiger partial charge in [-0.1, -0.05) is 6.08 Å². The van der Waals surface area contributed by atoms with E-state index >= 15 is 0 Å². The van der Waals surface area contributed by atoms with Crippen LogP contribution in [0.4, 0.5) is 0 Å². The van der Waals surface area contributed by atoms with E-state index in [1.807, 2.05) is 29.6 Å². The standard InChI is InChI=1S/C20H21N3O4S/c1-5-8-21-20-23(22-12-15-7-6-9-27-15)16(13-28-20)14-10-17(24-2)19(26-4)18(11-14)25-3/h5-7,9-13H,1,8H2,2-4H3. The van der Waals surface area contributed by atoms with Gasteiger partial charge in [0.15, 0.2) is 11.5 Å². The second kappa shape index (κ2) is 9.09. The van der Waals surface area contributed by atoms with Crippen LogP contribution in [0.15, 0.2) is 63.1 Å². The Kier molecular flexibility index (Phi) is 6.33. The lowest BCUT2D eigenvalue weighted by atomic mass is 10.1. The highest BCUT2D eigenvalue weighted by atomic mass is 32.1. The van der Waals surface area contributed by atoms with Crippen LogP contribution in [0.1, 0.15) is 5.76 Å². The van der Waals surface area contributed by atoms with Crippen molar-refractivity contribution < 1.29 is 18.6 Å². The van der Waals surface area contributed by atoms with Gasteiger partial charge in [0.2, 0.25) is 10.6 Å². The van der Waals surface area contributed by atoms with E-state index in [0.29, 0.717) is 29.6 Å². The first kappa shape index (κ1) is 19.5. The summed E-state index contributed by atoms with van der Waals surface area (Å²) in [6.45, 7) is 4.21. The summed E-state index contributed by atoms with van der Waals surface area (Å²) >= 11 is 1.48. The molecule has 3 rings (SSSR count). The molecule has 1 aromatic carbocycles. The summed E-state index contributed by atoms with van der Waals surface area (Å²) in [5.41, 5.74) is 1.68. The van der Waals surface area contributed by atoms with Crippen LogP contribution in [0.25, 0.3) is 11.3 Å². The highest BCUT2D eigenvalue weighted by Gasteiger charge is 2.17. The lowest BCUT2D eigenvalue weighted by molar-refractivity contribution is 0.324. The maximum Gasteiger partial charge on any atom is 0.206 e. The van der Waals surface area contributed by atoms with E-state index in [1.54, 1.807) is 44.6 Å². The zero-order chi connectivity index (χ0) is 19.9. The molecule has 0 spiro atoms. The van der Waals surface area contributed by atoms with Gasteiger partial charge >= 0.3 is 0 Å². The molecule has 0 aliphatic heterocycles. The third-order valence-electron chi connectivity index (χ3n) is 3.85. The molecule has 0 amide bonds. The molecule has 8 heteroatoms. The number of hydrogen-bond donors (Lipinski definition) is 0. The zero-order valence-corrected chi connectivity index (χ0v) is 16.7. The van der Waals surface area contributed by atoms with Crippen molar-refractivity contribution in [2.24, 2.45) is 10.1 Å². The summed E-state index contributed by atoms with van der Waals surface area (Å²) in [5, 5.41) is 6.53. The Morgan fingerprint density at radius 1 is 1.18 bits per heavy atom. The number of nitrogens with zero attached hydrogens (tertiary/aromatic N) is 3. The van der Waals surface area contributed by atoms with E-state index in [0.717, 1.165) is 16.1 Å². The summed E-state index contributed by atoms with van der Waals surface area (Å²) in [6, 6.07) is 7.39. The normalized spacial score (nSPS) is 11.8. The smallest absolute Gasteiger partial charge is 0.206 e. The van der Waals surface area contributed by atoms with Crippen LogP contribution in [0.2, 0.25) is 0 Å². The predicted octanol–water partition coefficient (Wildman–Crippen LogP) is 3.80. The monoisotopic (exact) mass is 399 g/mol. The first-order valence-electron chi connectivity index (χ1n) is 8.42. The average molecular weight is 399 g/mol. The first-order chi connectivity index (χ1) is 13.7. The highest BCUT2D eigenvalue weighted by Crippen LogP contribution is 2.41. The molecule has 0 aliphatic carbocycles. The van der Waals surface area contributed by atoms with Crippen molar-refractivity contribution in [2.75, 3.05) is 27.9 Å². The molecule has 2 heterocycles. The maximum atomic E-state index is 5.47. The Balaban J connectivity index is 2.16. The maximum absolute atomic E-state index is 5.47. The molecule has 28 heavy (non-hydrogen) atoms. The fourth-order valence-corrected chi connectivity index (χ4v) is 3.42. The van der Waals surface area contributed by atoms with E-state index in [9.17, 15) is 0 Å². The van der Waals surface area contributed by atoms with Crippen LogP contribution in [0.3, 0.4) is 0 Å². The molecule has 0 N–H and O–H groups in total. The molecule has 7 nitrogen and oxygen atoms in total. The lowest BCUT2D eigenvalue weighted by Gasteiger charge is -2.14. The second-order valence-corrected chi connectivity index (χ2v) is 6.36. The number of thiazole rings is 1. The number of rotatable bonds is 8. The van der Waals surface area contributed by atoms with E-state index in [2.05, 4.69) is 16.7 Å². The number of hydrogen-bond acceptors (Lipinski definition) is 7. The Labute approximate surface area is 166 Å². The van der Waals surface area contributed by atoms with Crippen molar-refractivity contribution in [3.05, 3.63) is 59.1 Å². The van der Waals surface area contributed by atoms with Gasteiger partial charge in [0.1, 0.15) is 5.76 Å². The zero-order valence-electron chi connectivity index (χ0n) is 15.9. The van der Waals surface area contributed by atoms with E-state index < -0.39 is 0 Å². The SMILES string of the molecule is C=CCN=c1scc(-c2cc(OC)c(OC)c(OC)c2)n1N=Cc1ccco1. The van der Waals surface area contributed by atoms with Crippen molar-refractivity contribution >= 4 is 17.6 Å². The number of furan rings is 1. The molecule has 0 radical (unpaired) electrons. The highest BCUT2D eigenvalue weighted by molar-refractivity contribution is 7.07. The van der Waals surface area contributed by atoms with Crippen LogP contribution in [0.5, 0.6) is 17.2 Å². The minimum absolute atomic E-state index is 0.492. The summed E-state index contributed by atoms with van der Waals surface area (Å²) in [5.74, 6) is 2.30. The number of ether oxygens (including phenoxy) is 3. The van der Waals surface area contributed by atoms with Gasteiger partial charge in [-0.3, -0.25) is 4.99 Å². The van der Waals surface area contributed by atoms with Crippen LogP contribution in [-0.4, -0.2) is 38.8 Å². The Morgan fingerprint density at radius 2 is 1.93 bits per heavy atom. The number of aromatic nitrogens is 1. The minimum Gasteiger partial charge on any atom is -0.493 e. The Morgan fingerprint density at radius 3 is 2.50 bits per heavy atom. The molecular formula is C20H21N3O4S. The van der Waals surface area contributed by atoms with E-state index in [-0.39, 0.29) is 0 Å². The Bertz CT molecular complexity index is 1010. The van der Waals surface area contributed by atoms with Crippen LogP contribution >= 0.6 is 11.3 Å². The summed E-state index contributed by atoms with van der Waals surface area (Å²) in [7, 11) is 4.75. The van der Waals surface area contributed by atoms with Crippen LogP contribution in [0, 0.1) is 0 Å². The van der Waals surface area contributed by atoms with Gasteiger partial charge in [0.25, 0.3) is 0 Å². The number of methoxy groups -OCH3 is 3. The van der Waals surface area contributed by atoms with Gasteiger partial charge in [0, 0.05) is 10.9 Å². The molecular weight excluding hydrogens is 378 g/mol. The molecule has 0 fully saturated rings. The third kappa shape index (κ3) is 4.01. The topological polar surface area (TPSA) is 70.5 Å². The van der Waals surface area contributed by atoms with Crippen molar-refractivity contribution in [2.45, 2.75) is 0 Å². The molecule has 146 valence electrons. The van der Waals surface area contributed by atoms with Gasteiger partial charge in [-0.25, -0.2) is 4.68 Å². The molecule has 0 saturated carbocycles. The largest absolute Gasteiger partial charge is 0.493 e. The van der Waals surface area contributed by atoms with Crippen molar-refractivity contribution in [3.63, 3.8) is 0 Å². The fourth-order valence-electron chi connectivity index (χ4n) is 2.57. The minimum atomic E-state index is 0.492. The third-order valence-corrected chi connectivity index (χ3v) is 4.70. The van der Waals surface area contributed by atoms with Gasteiger partial charge in [-0.2, -0.15) is 5.10 Å². The lowest BCUT2D eigenvalue weighted by Crippen LogP contribution is -2.12. The summed E-state index contributed by atoms with van der Waals surface area (Å²) < 4.78 is 23.4. The average Bonchev–Trinajstić information content (AvgIpc) is 3.39. The van der Waals surface area contributed by atoms with Crippen molar-refractivity contribution in [1.82, 2.24) is 4.68 Å². The predicted molar refractivity (Wildman–Crippen MR) is 110 cm³/mol. The van der Waals surface area contributed by atoms with Crippen LogP contribution < -0.4 is 19.0 Å². The van der Waals surface area contributed by atoms with Gasteiger partial charge in [-0.15, -0.1) is 17.9 Å². The first-order valence-corrected chi connectivity index (χ1v) is 9.30. The second-order valence-electron chi connectivity index (χ2n) is 5.52. The summed E-state index contributed by atoms with van der Waals surface area (Å²) in [4.78, 5) is 5.25. The summed E-state index contributed by atoms with van der Waals surface area (Å²) in [6.07, 6.45) is 4.98. The van der Waals surface area contributed by atoms with Crippen LogP contribution in [-0.2, 0) is 0 Å². The molecule has 0 atom stereocenters. The molecule has 0 bridgehead atoms. The van der Waals surface area contributed by atoms with Gasteiger partial charge in [0.05, 0.1) is 46.0 Å². The molecule has 0 saturated heterocycles. The Hall–Kier alpha value is -3.26. The molecule has 3 aromatic rings. The molecule has 0 unspecified atom stereocenters. The quantitative estimate of drug-likeness (QED) is 0.427. The van der Waals surface area contributed by atoms with E-state index in [1.165, 1.54) is 11.3 Å². The molecule has 2 aromatic heterocycles. The van der Waals surface area contributed by atoms with Gasteiger partial charge in [-0.05, 0) is 24.3 Å². The number of benzene rings is 1. The van der Waals surface area contributed by atoms with E-state index in [4.69, 9.17) is 18.6 Å². The fraction of sp³-hybridized carbons (Fsp3) is 0.200. The van der Waals surface area contributed by atoms with Crippen molar-refractivity contribution in [1.29, 1.82) is 0 Å². The molecule has 0 aliphatic rings. The van der Waals surface area contributed by atoms with Crippen molar-refractivity contribution in [3.8, 4) is 28.5 Å².